The highest BCUT2D eigenvalue weighted by Gasteiger charge is 2.02. The van der Waals surface area contributed by atoms with E-state index < -0.39 is 0 Å². The Balaban J connectivity index is 2.36. The van der Waals surface area contributed by atoms with Crippen LogP contribution in [0.2, 0.25) is 0 Å². The fourth-order valence-electron chi connectivity index (χ4n) is 1.41. The van der Waals surface area contributed by atoms with E-state index in [1.54, 1.807) is 19.2 Å². The standard InChI is InChI=1S/C13H18N2O3S/c1-17-6-7-18-9-13(16)15-11-4-2-10(3-5-11)8-12(14)19/h2-5H,6-9H2,1H3,(H2,14,19)(H,15,16). The third-order valence-corrected chi connectivity index (χ3v) is 2.43. The van der Waals surface area contributed by atoms with Crippen molar-refractivity contribution in [2.24, 2.45) is 5.73 Å². The summed E-state index contributed by atoms with van der Waals surface area (Å²) in [6.45, 7) is 0.885. The van der Waals surface area contributed by atoms with Crippen molar-refractivity contribution in [1.29, 1.82) is 0 Å². The first-order chi connectivity index (χ1) is 9.11. The molecule has 0 heterocycles. The van der Waals surface area contributed by atoms with Crippen molar-refractivity contribution in [1.82, 2.24) is 0 Å². The number of benzene rings is 1. The quantitative estimate of drug-likeness (QED) is 0.552. The lowest BCUT2D eigenvalue weighted by Gasteiger charge is -2.07. The summed E-state index contributed by atoms with van der Waals surface area (Å²) in [4.78, 5) is 12.0. The average molecular weight is 282 g/mol. The second-order valence-electron chi connectivity index (χ2n) is 3.93. The molecule has 0 saturated carbocycles. The SMILES string of the molecule is COCCOCC(=O)Nc1ccc(CC(N)=S)cc1. The minimum absolute atomic E-state index is 0.0119. The van der Waals surface area contributed by atoms with Crippen molar-refractivity contribution in [3.63, 3.8) is 0 Å². The molecule has 0 atom stereocenters. The minimum atomic E-state index is -0.196. The summed E-state index contributed by atoms with van der Waals surface area (Å²) in [5.74, 6) is -0.196. The maximum atomic E-state index is 11.5. The number of methoxy groups -OCH3 is 1. The van der Waals surface area contributed by atoms with Crippen LogP contribution >= 0.6 is 12.2 Å². The van der Waals surface area contributed by atoms with E-state index in [1.165, 1.54) is 0 Å². The second-order valence-corrected chi connectivity index (χ2v) is 4.46. The lowest BCUT2D eigenvalue weighted by atomic mass is 10.1. The number of carbonyl (C=O) groups is 1. The van der Waals surface area contributed by atoms with Crippen molar-refractivity contribution in [3.8, 4) is 0 Å². The van der Waals surface area contributed by atoms with Crippen molar-refractivity contribution in [3.05, 3.63) is 29.8 Å². The third kappa shape index (κ3) is 6.85. The molecule has 1 amide bonds. The molecule has 1 aromatic rings. The van der Waals surface area contributed by atoms with E-state index in [9.17, 15) is 4.79 Å². The Kier molecular flexibility index (Phi) is 7.02. The number of nitrogens with one attached hydrogen (secondary N) is 1. The Morgan fingerprint density at radius 2 is 2.00 bits per heavy atom. The van der Waals surface area contributed by atoms with E-state index in [2.05, 4.69) is 5.32 Å². The van der Waals surface area contributed by atoms with Crippen molar-refractivity contribution in [2.75, 3.05) is 32.2 Å². The summed E-state index contributed by atoms with van der Waals surface area (Å²) >= 11 is 4.83. The first kappa shape index (κ1) is 15.6. The van der Waals surface area contributed by atoms with Gasteiger partial charge in [0, 0.05) is 19.2 Å². The van der Waals surface area contributed by atoms with E-state index in [0.717, 1.165) is 5.56 Å². The predicted octanol–water partition coefficient (Wildman–Crippen LogP) is 1.12. The average Bonchev–Trinajstić information content (AvgIpc) is 2.36. The van der Waals surface area contributed by atoms with Crippen molar-refractivity contribution < 1.29 is 14.3 Å². The van der Waals surface area contributed by atoms with E-state index in [1.807, 2.05) is 12.1 Å². The van der Waals surface area contributed by atoms with Gasteiger partial charge in [0.05, 0.1) is 18.2 Å². The van der Waals surface area contributed by atoms with E-state index >= 15 is 0 Å². The number of anilines is 1. The molecular formula is C13H18N2O3S. The molecule has 0 aliphatic rings. The summed E-state index contributed by atoms with van der Waals surface area (Å²) in [6, 6.07) is 7.36. The molecule has 3 N–H and O–H groups in total. The molecular weight excluding hydrogens is 264 g/mol. The van der Waals surface area contributed by atoms with Gasteiger partial charge in [-0.25, -0.2) is 0 Å². The van der Waals surface area contributed by atoms with Gasteiger partial charge in [-0.1, -0.05) is 24.4 Å². The molecule has 0 spiro atoms. The van der Waals surface area contributed by atoms with Crippen LogP contribution in [0.4, 0.5) is 5.69 Å². The molecule has 104 valence electrons. The highest BCUT2D eigenvalue weighted by molar-refractivity contribution is 7.80. The molecule has 0 saturated heterocycles. The van der Waals surface area contributed by atoms with Gasteiger partial charge in [-0.05, 0) is 17.7 Å². The number of ether oxygens (including phenoxy) is 2. The molecule has 0 bridgehead atoms. The molecule has 0 aliphatic carbocycles. The molecule has 0 radical (unpaired) electrons. The molecule has 0 fully saturated rings. The largest absolute Gasteiger partial charge is 0.393 e. The van der Waals surface area contributed by atoms with Gasteiger partial charge in [-0.15, -0.1) is 0 Å². The zero-order chi connectivity index (χ0) is 14.1. The maximum Gasteiger partial charge on any atom is 0.250 e. The monoisotopic (exact) mass is 282 g/mol. The van der Waals surface area contributed by atoms with Gasteiger partial charge in [0.1, 0.15) is 6.61 Å². The Hall–Kier alpha value is -1.50. The Morgan fingerprint density at radius 1 is 1.32 bits per heavy atom. The molecule has 0 aromatic heterocycles. The van der Waals surface area contributed by atoms with Crippen LogP contribution in [-0.4, -0.2) is 37.8 Å². The molecule has 19 heavy (non-hydrogen) atoms. The van der Waals surface area contributed by atoms with E-state index in [0.29, 0.717) is 30.3 Å². The van der Waals surface area contributed by atoms with Crippen molar-refractivity contribution >= 4 is 28.8 Å². The molecule has 0 aliphatic heterocycles. The molecule has 5 nitrogen and oxygen atoms in total. The van der Waals surface area contributed by atoms with Gasteiger partial charge < -0.3 is 20.5 Å². The zero-order valence-corrected chi connectivity index (χ0v) is 11.7. The van der Waals surface area contributed by atoms with Crippen LogP contribution in [0.1, 0.15) is 5.56 Å². The smallest absolute Gasteiger partial charge is 0.250 e. The summed E-state index contributed by atoms with van der Waals surface area (Å²) in [6.07, 6.45) is 0.559. The topological polar surface area (TPSA) is 73.6 Å². The highest BCUT2D eigenvalue weighted by Crippen LogP contribution is 2.10. The fourth-order valence-corrected chi connectivity index (χ4v) is 1.58. The number of carbonyl (C=O) groups excluding carboxylic acids is 1. The van der Waals surface area contributed by atoms with Gasteiger partial charge in [-0.3, -0.25) is 4.79 Å². The van der Waals surface area contributed by atoms with Gasteiger partial charge in [-0.2, -0.15) is 0 Å². The first-order valence-electron chi connectivity index (χ1n) is 5.85. The predicted molar refractivity (Wildman–Crippen MR) is 78.3 cm³/mol. The van der Waals surface area contributed by atoms with Gasteiger partial charge in [0.2, 0.25) is 5.91 Å². The summed E-state index contributed by atoms with van der Waals surface area (Å²) in [5, 5.41) is 2.73. The van der Waals surface area contributed by atoms with Crippen LogP contribution in [0.25, 0.3) is 0 Å². The molecule has 0 unspecified atom stereocenters. The highest BCUT2D eigenvalue weighted by atomic mass is 32.1. The lowest BCUT2D eigenvalue weighted by Crippen LogP contribution is -2.19. The number of thiocarbonyl (C=S) groups is 1. The van der Waals surface area contributed by atoms with Crippen LogP contribution in [0.15, 0.2) is 24.3 Å². The second kappa shape index (κ2) is 8.58. The maximum absolute atomic E-state index is 11.5. The minimum Gasteiger partial charge on any atom is -0.393 e. The summed E-state index contributed by atoms with van der Waals surface area (Å²) in [7, 11) is 1.58. The number of amides is 1. The van der Waals surface area contributed by atoms with Gasteiger partial charge in [0.15, 0.2) is 0 Å². The van der Waals surface area contributed by atoms with Gasteiger partial charge in [0.25, 0.3) is 0 Å². The van der Waals surface area contributed by atoms with Crippen LogP contribution < -0.4 is 11.1 Å². The normalized spacial score (nSPS) is 10.2. The third-order valence-electron chi connectivity index (χ3n) is 2.28. The van der Waals surface area contributed by atoms with Crippen molar-refractivity contribution in [2.45, 2.75) is 6.42 Å². The Labute approximate surface area is 118 Å². The number of rotatable bonds is 8. The number of hydrogen-bond acceptors (Lipinski definition) is 4. The first-order valence-corrected chi connectivity index (χ1v) is 6.26. The molecule has 6 heteroatoms. The summed E-state index contributed by atoms with van der Waals surface area (Å²) < 4.78 is 9.92. The van der Waals surface area contributed by atoms with Gasteiger partial charge >= 0.3 is 0 Å². The lowest BCUT2D eigenvalue weighted by molar-refractivity contribution is -0.121. The van der Waals surface area contributed by atoms with Crippen LogP contribution in [0, 0.1) is 0 Å². The van der Waals surface area contributed by atoms with Crippen LogP contribution in [-0.2, 0) is 20.7 Å². The molecule has 1 aromatic carbocycles. The number of nitrogens with two attached hydrogens (primary N) is 1. The fraction of sp³-hybridized carbons (Fsp3) is 0.385. The molecule has 1 rings (SSSR count). The zero-order valence-electron chi connectivity index (χ0n) is 10.8. The van der Waals surface area contributed by atoms with E-state index in [-0.39, 0.29) is 12.5 Å². The Morgan fingerprint density at radius 3 is 2.58 bits per heavy atom. The Bertz CT molecular complexity index is 420. The van der Waals surface area contributed by atoms with Crippen LogP contribution in [0.5, 0.6) is 0 Å². The summed E-state index contributed by atoms with van der Waals surface area (Å²) in [5.41, 5.74) is 7.19. The van der Waals surface area contributed by atoms with Crippen LogP contribution in [0.3, 0.4) is 0 Å². The number of hydrogen-bond donors (Lipinski definition) is 2. The van der Waals surface area contributed by atoms with E-state index in [4.69, 9.17) is 27.4 Å².